The van der Waals surface area contributed by atoms with Gasteiger partial charge in [0.1, 0.15) is 11.5 Å². The van der Waals surface area contributed by atoms with E-state index in [9.17, 15) is 14.4 Å². The molecule has 0 unspecified atom stereocenters. The second kappa shape index (κ2) is 10.1. The zero-order chi connectivity index (χ0) is 20.5. The molecule has 9 heteroatoms. The lowest BCUT2D eigenvalue weighted by atomic mass is 10.2. The van der Waals surface area contributed by atoms with Gasteiger partial charge in [-0.25, -0.2) is 5.43 Å². The molecule has 1 saturated heterocycles. The van der Waals surface area contributed by atoms with Crippen molar-refractivity contribution in [3.05, 3.63) is 54.0 Å². The van der Waals surface area contributed by atoms with Crippen molar-refractivity contribution in [3.8, 4) is 5.75 Å². The monoisotopic (exact) mass is 398 g/mol. The van der Waals surface area contributed by atoms with Crippen LogP contribution in [0.15, 0.2) is 52.2 Å². The minimum absolute atomic E-state index is 0.122. The fourth-order valence-corrected chi connectivity index (χ4v) is 2.73. The lowest BCUT2D eigenvalue weighted by Gasteiger charge is -2.12. The summed E-state index contributed by atoms with van der Waals surface area (Å²) in [6.45, 7) is 1.40. The molecule has 0 aliphatic carbocycles. The number of hydrogen-bond acceptors (Lipinski definition) is 6. The average Bonchev–Trinajstić information content (AvgIpc) is 3.45. The molecule has 1 fully saturated rings. The molecule has 0 radical (unpaired) electrons. The first kappa shape index (κ1) is 20.1. The van der Waals surface area contributed by atoms with E-state index in [4.69, 9.17) is 9.15 Å². The van der Waals surface area contributed by atoms with Gasteiger partial charge in [-0.3, -0.25) is 14.4 Å². The minimum Gasteiger partial charge on any atom is -0.484 e. The third kappa shape index (κ3) is 6.20. The third-order valence-corrected chi connectivity index (χ3v) is 4.26. The lowest BCUT2D eigenvalue weighted by molar-refractivity contribution is -0.145. The average molecular weight is 398 g/mol. The Morgan fingerprint density at radius 2 is 1.90 bits per heavy atom. The molecule has 0 atom stereocenters. The topological polar surface area (TPSA) is 113 Å². The first-order chi connectivity index (χ1) is 14.1. The molecular weight excluding hydrogens is 376 g/mol. The van der Waals surface area contributed by atoms with Gasteiger partial charge >= 0.3 is 11.8 Å². The van der Waals surface area contributed by atoms with Crippen LogP contribution in [0.5, 0.6) is 5.75 Å². The van der Waals surface area contributed by atoms with Crippen molar-refractivity contribution in [2.75, 3.05) is 19.7 Å². The quantitative estimate of drug-likeness (QED) is 0.411. The predicted octanol–water partition coefficient (Wildman–Crippen LogP) is 1.05. The van der Waals surface area contributed by atoms with Gasteiger partial charge in [0.2, 0.25) is 0 Å². The number of furan rings is 1. The molecule has 0 bridgehead atoms. The Kier molecular flexibility index (Phi) is 6.99. The maximum absolute atomic E-state index is 11.9. The number of hydrazone groups is 1. The van der Waals surface area contributed by atoms with E-state index in [1.165, 1.54) is 11.1 Å². The Labute approximate surface area is 167 Å². The molecule has 3 rings (SSSR count). The van der Waals surface area contributed by atoms with Crippen LogP contribution in [0, 0.1) is 0 Å². The fraction of sp³-hybridized carbons (Fsp3) is 0.300. The van der Waals surface area contributed by atoms with Gasteiger partial charge in [0, 0.05) is 13.1 Å². The zero-order valence-electron chi connectivity index (χ0n) is 15.8. The van der Waals surface area contributed by atoms with Gasteiger partial charge in [-0.15, -0.1) is 0 Å². The zero-order valence-corrected chi connectivity index (χ0v) is 15.8. The van der Waals surface area contributed by atoms with Gasteiger partial charge in [0.25, 0.3) is 5.91 Å². The van der Waals surface area contributed by atoms with Crippen LogP contribution in [0.2, 0.25) is 0 Å². The van der Waals surface area contributed by atoms with Gasteiger partial charge in [0.15, 0.2) is 6.61 Å². The number of rotatable bonds is 7. The first-order valence-corrected chi connectivity index (χ1v) is 9.26. The summed E-state index contributed by atoms with van der Waals surface area (Å²) in [6, 6.07) is 10.3. The summed E-state index contributed by atoms with van der Waals surface area (Å²) in [5.74, 6) is -0.394. The normalized spacial score (nSPS) is 13.4. The van der Waals surface area contributed by atoms with Crippen LogP contribution in [-0.4, -0.2) is 48.5 Å². The van der Waals surface area contributed by atoms with E-state index in [-0.39, 0.29) is 12.5 Å². The Bertz CT molecular complexity index is 856. The molecule has 0 spiro atoms. The minimum atomic E-state index is -0.747. The molecule has 1 aromatic carbocycles. The van der Waals surface area contributed by atoms with Crippen molar-refractivity contribution >= 4 is 23.9 Å². The van der Waals surface area contributed by atoms with Crippen molar-refractivity contribution in [2.24, 2.45) is 5.10 Å². The first-order valence-electron chi connectivity index (χ1n) is 9.26. The summed E-state index contributed by atoms with van der Waals surface area (Å²) < 4.78 is 10.5. The van der Waals surface area contributed by atoms with Crippen LogP contribution >= 0.6 is 0 Å². The molecule has 1 aliphatic rings. The van der Waals surface area contributed by atoms with Gasteiger partial charge in [-0.1, -0.05) is 0 Å². The number of benzene rings is 1. The molecule has 2 heterocycles. The highest BCUT2D eigenvalue weighted by Gasteiger charge is 2.23. The molecule has 3 amide bonds. The van der Waals surface area contributed by atoms with E-state index in [2.05, 4.69) is 15.8 Å². The van der Waals surface area contributed by atoms with Crippen molar-refractivity contribution < 1.29 is 23.5 Å². The summed E-state index contributed by atoms with van der Waals surface area (Å²) in [4.78, 5) is 36.9. The second-order valence-electron chi connectivity index (χ2n) is 6.41. The van der Waals surface area contributed by atoms with Crippen LogP contribution < -0.4 is 15.5 Å². The van der Waals surface area contributed by atoms with Crippen LogP contribution in [-0.2, 0) is 20.9 Å². The van der Waals surface area contributed by atoms with Crippen LogP contribution in [0.1, 0.15) is 24.2 Å². The van der Waals surface area contributed by atoms with Crippen molar-refractivity contribution in [1.82, 2.24) is 15.6 Å². The molecule has 152 valence electrons. The number of carbonyl (C=O) groups excluding carboxylic acids is 3. The highest BCUT2D eigenvalue weighted by Crippen LogP contribution is 2.11. The summed E-state index contributed by atoms with van der Waals surface area (Å²) in [5.41, 5.74) is 2.94. The number of nitrogens with one attached hydrogen (secondary N) is 2. The van der Waals surface area contributed by atoms with E-state index < -0.39 is 11.8 Å². The van der Waals surface area contributed by atoms with Crippen molar-refractivity contribution in [2.45, 2.75) is 19.4 Å². The number of nitrogens with zero attached hydrogens (tertiary/aromatic N) is 2. The van der Waals surface area contributed by atoms with Gasteiger partial charge in [-0.2, -0.15) is 5.10 Å². The second-order valence-corrected chi connectivity index (χ2v) is 6.41. The lowest BCUT2D eigenvalue weighted by Crippen LogP contribution is -2.39. The summed E-state index contributed by atoms with van der Waals surface area (Å²) in [7, 11) is 0. The Balaban J connectivity index is 1.38. The molecule has 1 aromatic heterocycles. The Morgan fingerprint density at radius 1 is 1.14 bits per heavy atom. The van der Waals surface area contributed by atoms with E-state index in [0.717, 1.165) is 12.8 Å². The summed E-state index contributed by atoms with van der Waals surface area (Å²) in [5, 5.41) is 6.49. The summed E-state index contributed by atoms with van der Waals surface area (Å²) >= 11 is 0. The largest absolute Gasteiger partial charge is 0.484 e. The maximum Gasteiger partial charge on any atom is 0.329 e. The van der Waals surface area contributed by atoms with E-state index in [0.29, 0.717) is 36.7 Å². The smallest absolute Gasteiger partial charge is 0.329 e. The Hall–Kier alpha value is -3.62. The van der Waals surface area contributed by atoms with E-state index in [1.807, 2.05) is 0 Å². The number of amides is 3. The fourth-order valence-electron chi connectivity index (χ4n) is 2.73. The van der Waals surface area contributed by atoms with Crippen LogP contribution in [0.3, 0.4) is 0 Å². The van der Waals surface area contributed by atoms with E-state index in [1.54, 1.807) is 42.7 Å². The van der Waals surface area contributed by atoms with E-state index >= 15 is 0 Å². The summed E-state index contributed by atoms with van der Waals surface area (Å²) in [6.07, 6.45) is 4.80. The molecule has 9 nitrogen and oxygen atoms in total. The third-order valence-electron chi connectivity index (χ3n) is 4.26. The molecular formula is C20H22N4O5. The standard InChI is InChI=1S/C20H22N4O5/c25-18(21-13-17-4-3-11-28-17)14-29-16-7-5-15(6-8-16)12-22-23-19(26)20(27)24-9-1-2-10-24/h3-8,11-12H,1-2,9-10,13-14H2,(H,21,25)(H,23,26). The highest BCUT2D eigenvalue weighted by atomic mass is 16.5. The number of hydrogen-bond donors (Lipinski definition) is 2. The molecule has 0 saturated carbocycles. The highest BCUT2D eigenvalue weighted by molar-refractivity contribution is 6.35. The Morgan fingerprint density at radius 3 is 2.59 bits per heavy atom. The number of carbonyl (C=O) groups is 3. The van der Waals surface area contributed by atoms with Crippen molar-refractivity contribution in [1.29, 1.82) is 0 Å². The van der Waals surface area contributed by atoms with Gasteiger partial charge < -0.3 is 19.4 Å². The van der Waals surface area contributed by atoms with Gasteiger partial charge in [-0.05, 0) is 54.8 Å². The predicted molar refractivity (Wildman–Crippen MR) is 104 cm³/mol. The SMILES string of the molecule is O=C(COc1ccc(C=NNC(=O)C(=O)N2CCCC2)cc1)NCc1ccco1. The number of ether oxygens (including phenoxy) is 1. The molecule has 2 aromatic rings. The number of likely N-dealkylation sites (tertiary alicyclic amines) is 1. The van der Waals surface area contributed by atoms with Gasteiger partial charge in [0.05, 0.1) is 19.0 Å². The van der Waals surface area contributed by atoms with Crippen molar-refractivity contribution in [3.63, 3.8) is 0 Å². The van der Waals surface area contributed by atoms with Crippen LogP contribution in [0.4, 0.5) is 0 Å². The molecule has 2 N–H and O–H groups in total. The maximum atomic E-state index is 11.9. The molecule has 29 heavy (non-hydrogen) atoms. The molecule has 1 aliphatic heterocycles. The van der Waals surface area contributed by atoms with Crippen LogP contribution in [0.25, 0.3) is 0 Å².